The molecular formula is C15H23NOS. The third-order valence-corrected chi connectivity index (χ3v) is 5.15. The SMILES string of the molecule is CC(C)(COC12CC3CC(CC(C3)C1)C2)N=C=S. The number of hydrogen-bond acceptors (Lipinski definition) is 3. The molecule has 0 unspecified atom stereocenters. The Labute approximate surface area is 115 Å². The Morgan fingerprint density at radius 1 is 1.17 bits per heavy atom. The van der Waals surface area contributed by atoms with Gasteiger partial charge in [0.1, 0.15) is 0 Å². The van der Waals surface area contributed by atoms with Crippen LogP contribution in [0.2, 0.25) is 0 Å². The van der Waals surface area contributed by atoms with Crippen molar-refractivity contribution in [1.82, 2.24) is 0 Å². The number of isothiocyanates is 1. The standard InChI is InChI=1S/C15H23NOS/c1-14(2,16-10-18)9-17-15-6-11-3-12(7-15)5-13(4-11)8-15/h11-13H,3-9H2,1-2H3. The smallest absolute Gasteiger partial charge is 0.0887 e. The molecule has 4 fully saturated rings. The summed E-state index contributed by atoms with van der Waals surface area (Å²) in [5.74, 6) is 2.81. The van der Waals surface area contributed by atoms with Gasteiger partial charge in [0.2, 0.25) is 0 Å². The van der Waals surface area contributed by atoms with E-state index in [-0.39, 0.29) is 11.1 Å². The molecule has 0 heterocycles. The molecule has 2 nitrogen and oxygen atoms in total. The van der Waals surface area contributed by atoms with Crippen LogP contribution >= 0.6 is 12.2 Å². The number of ether oxygens (including phenoxy) is 1. The summed E-state index contributed by atoms with van der Waals surface area (Å²) in [6.45, 7) is 4.84. The normalized spacial score (nSPS) is 41.8. The molecule has 0 saturated heterocycles. The van der Waals surface area contributed by atoms with E-state index in [4.69, 9.17) is 17.0 Å². The van der Waals surface area contributed by atoms with Crippen molar-refractivity contribution in [2.45, 2.75) is 63.5 Å². The van der Waals surface area contributed by atoms with Crippen molar-refractivity contribution >= 4 is 17.4 Å². The van der Waals surface area contributed by atoms with Crippen LogP contribution in [0.4, 0.5) is 0 Å². The molecule has 0 aromatic carbocycles. The lowest BCUT2D eigenvalue weighted by Gasteiger charge is -2.56. The van der Waals surface area contributed by atoms with Gasteiger partial charge in [0, 0.05) is 0 Å². The van der Waals surface area contributed by atoms with Gasteiger partial charge in [-0.2, -0.15) is 0 Å². The van der Waals surface area contributed by atoms with Crippen LogP contribution in [0.15, 0.2) is 4.99 Å². The molecule has 3 heteroatoms. The molecule has 0 N–H and O–H groups in total. The fourth-order valence-corrected chi connectivity index (χ4v) is 4.94. The molecule has 0 radical (unpaired) electrons. The first-order chi connectivity index (χ1) is 8.50. The summed E-state index contributed by atoms with van der Waals surface area (Å²) in [5.41, 5.74) is -0.0337. The second kappa shape index (κ2) is 4.40. The molecule has 4 bridgehead atoms. The molecule has 18 heavy (non-hydrogen) atoms. The van der Waals surface area contributed by atoms with Crippen molar-refractivity contribution in [3.05, 3.63) is 0 Å². The average Bonchev–Trinajstić information content (AvgIpc) is 2.25. The minimum absolute atomic E-state index is 0.184. The third-order valence-electron chi connectivity index (χ3n) is 5.06. The fourth-order valence-electron chi connectivity index (χ4n) is 4.69. The molecule has 100 valence electrons. The van der Waals surface area contributed by atoms with Gasteiger partial charge < -0.3 is 4.74 Å². The molecule has 0 atom stereocenters. The quantitative estimate of drug-likeness (QED) is 0.569. The van der Waals surface area contributed by atoms with E-state index in [9.17, 15) is 0 Å². The first-order valence-electron chi connectivity index (χ1n) is 7.23. The molecule has 4 rings (SSSR count). The zero-order valence-corrected chi connectivity index (χ0v) is 12.3. The summed E-state index contributed by atoms with van der Waals surface area (Å²) in [5, 5.41) is 2.49. The van der Waals surface area contributed by atoms with E-state index >= 15 is 0 Å². The van der Waals surface area contributed by atoms with Crippen LogP contribution in [0.5, 0.6) is 0 Å². The lowest BCUT2D eigenvalue weighted by atomic mass is 9.54. The van der Waals surface area contributed by atoms with Crippen LogP contribution in [0.3, 0.4) is 0 Å². The van der Waals surface area contributed by atoms with E-state index < -0.39 is 0 Å². The zero-order chi connectivity index (χ0) is 12.8. The number of aliphatic imine (C=N–C) groups is 1. The minimum Gasteiger partial charge on any atom is -0.372 e. The molecule has 0 aromatic heterocycles. The lowest BCUT2D eigenvalue weighted by molar-refractivity contribution is -0.168. The second-order valence-corrected chi connectivity index (χ2v) is 7.59. The van der Waals surface area contributed by atoms with E-state index in [1.54, 1.807) is 0 Å². The largest absolute Gasteiger partial charge is 0.372 e. The Morgan fingerprint density at radius 3 is 2.11 bits per heavy atom. The van der Waals surface area contributed by atoms with E-state index in [2.05, 4.69) is 24.0 Å². The molecule has 4 aliphatic carbocycles. The molecule has 0 aliphatic heterocycles. The molecule has 0 aromatic rings. The van der Waals surface area contributed by atoms with Gasteiger partial charge in [0.15, 0.2) is 0 Å². The Balaban J connectivity index is 1.67. The van der Waals surface area contributed by atoms with Gasteiger partial charge in [0.25, 0.3) is 0 Å². The van der Waals surface area contributed by atoms with Crippen molar-refractivity contribution in [2.24, 2.45) is 22.7 Å². The van der Waals surface area contributed by atoms with Crippen LogP contribution in [0, 0.1) is 17.8 Å². The number of thiocarbonyl (C=S) groups is 1. The van der Waals surface area contributed by atoms with Crippen molar-refractivity contribution in [3.8, 4) is 0 Å². The van der Waals surface area contributed by atoms with Crippen molar-refractivity contribution in [2.75, 3.05) is 6.61 Å². The Bertz CT molecular complexity index is 349. The highest BCUT2D eigenvalue weighted by molar-refractivity contribution is 7.78. The van der Waals surface area contributed by atoms with Gasteiger partial charge in [-0.25, -0.2) is 4.99 Å². The summed E-state index contributed by atoms with van der Waals surface area (Å²) in [4.78, 5) is 4.21. The topological polar surface area (TPSA) is 21.6 Å². The highest BCUT2D eigenvalue weighted by Gasteiger charge is 2.52. The van der Waals surface area contributed by atoms with Crippen molar-refractivity contribution < 1.29 is 4.74 Å². The van der Waals surface area contributed by atoms with E-state index in [1.807, 2.05) is 0 Å². The first kappa shape index (κ1) is 12.8. The lowest BCUT2D eigenvalue weighted by Crippen LogP contribution is -2.53. The monoisotopic (exact) mass is 265 g/mol. The molecule has 0 amide bonds. The number of nitrogens with zero attached hydrogens (tertiary/aromatic N) is 1. The van der Waals surface area contributed by atoms with Gasteiger partial charge in [-0.15, -0.1) is 0 Å². The number of hydrogen-bond donors (Lipinski definition) is 0. The third kappa shape index (κ3) is 2.41. The van der Waals surface area contributed by atoms with Crippen molar-refractivity contribution in [3.63, 3.8) is 0 Å². The summed E-state index contributed by atoms with van der Waals surface area (Å²) in [6.07, 6.45) is 8.25. The van der Waals surface area contributed by atoms with Crippen LogP contribution in [-0.4, -0.2) is 22.9 Å². The van der Waals surface area contributed by atoms with Crippen LogP contribution in [0.1, 0.15) is 52.4 Å². The summed E-state index contributed by atoms with van der Waals surface area (Å²) >= 11 is 4.71. The van der Waals surface area contributed by atoms with Crippen molar-refractivity contribution in [1.29, 1.82) is 0 Å². The Kier molecular flexibility index (Phi) is 3.12. The average molecular weight is 265 g/mol. The van der Waals surface area contributed by atoms with E-state index in [0.29, 0.717) is 6.61 Å². The van der Waals surface area contributed by atoms with Crippen LogP contribution < -0.4 is 0 Å². The van der Waals surface area contributed by atoms with Gasteiger partial charge in [-0.1, -0.05) is 0 Å². The molecule has 4 aliphatic rings. The summed E-state index contributed by atoms with van der Waals surface area (Å²) in [7, 11) is 0. The Morgan fingerprint density at radius 2 is 1.67 bits per heavy atom. The highest BCUT2D eigenvalue weighted by Crippen LogP contribution is 2.57. The molecule has 4 saturated carbocycles. The fraction of sp³-hybridized carbons (Fsp3) is 0.933. The second-order valence-electron chi connectivity index (χ2n) is 7.40. The maximum absolute atomic E-state index is 6.38. The van der Waals surface area contributed by atoms with Gasteiger partial charge in [-0.05, 0) is 82.3 Å². The molecule has 0 spiro atoms. The maximum Gasteiger partial charge on any atom is 0.0887 e. The summed E-state index contributed by atoms with van der Waals surface area (Å²) < 4.78 is 6.38. The van der Waals surface area contributed by atoms with Gasteiger partial charge in [-0.3, -0.25) is 0 Å². The van der Waals surface area contributed by atoms with Gasteiger partial charge in [0.05, 0.1) is 22.9 Å². The zero-order valence-electron chi connectivity index (χ0n) is 11.4. The van der Waals surface area contributed by atoms with E-state index in [0.717, 1.165) is 17.8 Å². The van der Waals surface area contributed by atoms with Gasteiger partial charge >= 0.3 is 0 Å². The van der Waals surface area contributed by atoms with Crippen LogP contribution in [-0.2, 0) is 4.74 Å². The highest BCUT2D eigenvalue weighted by atomic mass is 32.1. The molecular weight excluding hydrogens is 242 g/mol. The first-order valence-corrected chi connectivity index (χ1v) is 7.64. The maximum atomic E-state index is 6.38. The van der Waals surface area contributed by atoms with E-state index in [1.165, 1.54) is 38.5 Å². The van der Waals surface area contributed by atoms with Crippen LogP contribution in [0.25, 0.3) is 0 Å². The Hall–Kier alpha value is -0.240. The summed E-state index contributed by atoms with van der Waals surface area (Å²) in [6, 6.07) is 0. The predicted molar refractivity (Wildman–Crippen MR) is 76.0 cm³/mol. The minimum atomic E-state index is -0.217. The number of rotatable bonds is 4. The predicted octanol–water partition coefficient (Wildman–Crippen LogP) is 3.85.